The van der Waals surface area contributed by atoms with Crippen molar-refractivity contribution in [2.45, 2.75) is 6.92 Å². The Morgan fingerprint density at radius 3 is 1.90 bits per heavy atom. The minimum absolute atomic E-state index is 1.29. The maximum absolute atomic E-state index is 2.30. The number of rotatable bonds is 1. The first kappa shape index (κ1) is 12.2. The van der Waals surface area contributed by atoms with Crippen LogP contribution < -0.4 is 0 Å². The van der Waals surface area contributed by atoms with Crippen LogP contribution in [0.3, 0.4) is 0 Å². The van der Waals surface area contributed by atoms with Gasteiger partial charge in [0, 0.05) is 0 Å². The fourth-order valence-corrected chi connectivity index (χ4v) is 3.00. The normalized spacial score (nSPS) is 11.1. The first-order valence-corrected chi connectivity index (χ1v) is 7.30. The Labute approximate surface area is 124 Å². The maximum atomic E-state index is 2.30. The van der Waals surface area contributed by atoms with Crippen molar-refractivity contribution >= 4 is 21.5 Å². The summed E-state index contributed by atoms with van der Waals surface area (Å²) in [6.07, 6.45) is 0. The van der Waals surface area contributed by atoms with Gasteiger partial charge in [0.15, 0.2) is 0 Å². The molecule has 0 amide bonds. The van der Waals surface area contributed by atoms with Crippen molar-refractivity contribution in [3.8, 4) is 11.1 Å². The number of aryl methyl sites for hydroxylation is 1. The predicted molar refractivity (Wildman–Crippen MR) is 91.6 cm³/mol. The highest BCUT2D eigenvalue weighted by Gasteiger charge is 2.03. The van der Waals surface area contributed by atoms with Crippen molar-refractivity contribution in [3.63, 3.8) is 0 Å². The quantitative estimate of drug-likeness (QED) is 0.373. The fraction of sp³-hybridized carbons (Fsp3) is 0.0476. The Balaban J connectivity index is 1.97. The zero-order valence-corrected chi connectivity index (χ0v) is 12.0. The highest BCUT2D eigenvalue weighted by Crippen LogP contribution is 2.29. The van der Waals surface area contributed by atoms with E-state index in [1.807, 2.05) is 0 Å². The smallest absolute Gasteiger partial charge is 0.0155 e. The molecule has 0 bridgehead atoms. The molecule has 4 aromatic rings. The maximum Gasteiger partial charge on any atom is -0.0155 e. The van der Waals surface area contributed by atoms with E-state index in [9.17, 15) is 0 Å². The van der Waals surface area contributed by atoms with Crippen molar-refractivity contribution in [2.75, 3.05) is 0 Å². The molecule has 0 nitrogen and oxygen atoms in total. The number of hydrogen-bond acceptors (Lipinski definition) is 0. The van der Waals surface area contributed by atoms with Gasteiger partial charge in [-0.2, -0.15) is 0 Å². The van der Waals surface area contributed by atoms with Gasteiger partial charge in [-0.15, -0.1) is 0 Å². The summed E-state index contributed by atoms with van der Waals surface area (Å²) in [5.74, 6) is 0. The highest BCUT2D eigenvalue weighted by atomic mass is 14.1. The van der Waals surface area contributed by atoms with Gasteiger partial charge < -0.3 is 0 Å². The van der Waals surface area contributed by atoms with Crippen LogP contribution in [0.1, 0.15) is 5.56 Å². The highest BCUT2D eigenvalue weighted by molar-refractivity contribution is 5.99. The lowest BCUT2D eigenvalue weighted by Gasteiger charge is -2.08. The molecule has 0 unspecified atom stereocenters. The second-order valence-electron chi connectivity index (χ2n) is 5.58. The molecule has 0 atom stereocenters. The van der Waals surface area contributed by atoms with Crippen LogP contribution in [0.2, 0.25) is 0 Å². The third-order valence-corrected chi connectivity index (χ3v) is 4.16. The van der Waals surface area contributed by atoms with Gasteiger partial charge in [0.05, 0.1) is 0 Å². The van der Waals surface area contributed by atoms with Crippen molar-refractivity contribution in [1.82, 2.24) is 0 Å². The Morgan fingerprint density at radius 1 is 0.524 bits per heavy atom. The summed E-state index contributed by atoms with van der Waals surface area (Å²) < 4.78 is 0. The molecule has 100 valence electrons. The third kappa shape index (κ3) is 2.09. The van der Waals surface area contributed by atoms with E-state index in [4.69, 9.17) is 0 Å². The first-order valence-electron chi connectivity index (χ1n) is 7.30. The molecule has 4 aromatic carbocycles. The molecule has 0 radical (unpaired) electrons. The number of fused-ring (bicyclic) bond motifs is 2. The average Bonchev–Trinajstić information content (AvgIpc) is 2.53. The van der Waals surface area contributed by atoms with Crippen LogP contribution in [0.15, 0.2) is 78.9 Å². The molecule has 0 aliphatic carbocycles. The lowest BCUT2D eigenvalue weighted by molar-refractivity contribution is 1.46. The van der Waals surface area contributed by atoms with Gasteiger partial charge in [-0.3, -0.25) is 0 Å². The fourth-order valence-electron chi connectivity index (χ4n) is 3.00. The third-order valence-electron chi connectivity index (χ3n) is 4.16. The molecule has 21 heavy (non-hydrogen) atoms. The molecule has 0 aliphatic rings. The lowest BCUT2D eigenvalue weighted by Crippen LogP contribution is -1.83. The summed E-state index contributed by atoms with van der Waals surface area (Å²) in [4.78, 5) is 0. The molecule has 0 aliphatic heterocycles. The monoisotopic (exact) mass is 268 g/mol. The first-order chi connectivity index (χ1) is 10.3. The zero-order chi connectivity index (χ0) is 14.2. The summed E-state index contributed by atoms with van der Waals surface area (Å²) >= 11 is 0. The van der Waals surface area contributed by atoms with E-state index in [-0.39, 0.29) is 0 Å². The summed E-state index contributed by atoms with van der Waals surface area (Å²) in [5.41, 5.74) is 3.92. The molecule has 4 rings (SSSR count). The SMILES string of the molecule is Cc1ccccc1-c1ccc2cc3ccccc3cc2c1. The second kappa shape index (κ2) is 4.75. The van der Waals surface area contributed by atoms with E-state index in [1.54, 1.807) is 0 Å². The van der Waals surface area contributed by atoms with Crippen LogP contribution in [0.5, 0.6) is 0 Å². The predicted octanol–water partition coefficient (Wildman–Crippen LogP) is 5.97. The molecule has 0 spiro atoms. The van der Waals surface area contributed by atoms with Crippen molar-refractivity contribution < 1.29 is 0 Å². The Kier molecular flexibility index (Phi) is 2.75. The Bertz CT molecular complexity index is 948. The van der Waals surface area contributed by atoms with E-state index in [0.29, 0.717) is 0 Å². The lowest BCUT2D eigenvalue weighted by atomic mass is 9.96. The van der Waals surface area contributed by atoms with Crippen LogP contribution in [0.25, 0.3) is 32.7 Å². The van der Waals surface area contributed by atoms with Gasteiger partial charge in [-0.25, -0.2) is 0 Å². The molecule has 0 heterocycles. The molecule has 0 N–H and O–H groups in total. The van der Waals surface area contributed by atoms with Crippen molar-refractivity contribution in [3.05, 3.63) is 84.4 Å². The number of hydrogen-bond donors (Lipinski definition) is 0. The molecule has 0 aromatic heterocycles. The largest absolute Gasteiger partial charge is 0.0620 e. The van der Waals surface area contributed by atoms with Gasteiger partial charge in [0.25, 0.3) is 0 Å². The van der Waals surface area contributed by atoms with Crippen LogP contribution in [0.4, 0.5) is 0 Å². The molecule has 0 fully saturated rings. The average molecular weight is 268 g/mol. The van der Waals surface area contributed by atoms with Crippen LogP contribution in [-0.2, 0) is 0 Å². The topological polar surface area (TPSA) is 0 Å². The molecular weight excluding hydrogens is 252 g/mol. The van der Waals surface area contributed by atoms with E-state index in [1.165, 1.54) is 38.2 Å². The summed E-state index contributed by atoms with van der Waals surface area (Å²) in [6, 6.07) is 28.4. The molecule has 0 saturated carbocycles. The van der Waals surface area contributed by atoms with E-state index < -0.39 is 0 Å². The van der Waals surface area contributed by atoms with E-state index in [2.05, 4.69) is 85.8 Å². The summed E-state index contributed by atoms with van der Waals surface area (Å²) in [6.45, 7) is 2.17. The molecule has 0 heteroatoms. The zero-order valence-electron chi connectivity index (χ0n) is 12.0. The van der Waals surface area contributed by atoms with Gasteiger partial charge >= 0.3 is 0 Å². The van der Waals surface area contributed by atoms with Crippen molar-refractivity contribution in [2.24, 2.45) is 0 Å². The van der Waals surface area contributed by atoms with Crippen molar-refractivity contribution in [1.29, 1.82) is 0 Å². The Hall–Kier alpha value is -2.60. The number of benzene rings is 4. The second-order valence-corrected chi connectivity index (χ2v) is 5.58. The van der Waals surface area contributed by atoms with Crippen LogP contribution >= 0.6 is 0 Å². The van der Waals surface area contributed by atoms with E-state index in [0.717, 1.165) is 0 Å². The summed E-state index contributed by atoms with van der Waals surface area (Å²) in [7, 11) is 0. The van der Waals surface area contributed by atoms with Gasteiger partial charge in [-0.05, 0) is 63.4 Å². The minimum Gasteiger partial charge on any atom is -0.0620 e. The standard InChI is InChI=1S/C21H16/c1-15-6-2-5-9-21(15)19-11-10-18-12-16-7-3-4-8-17(16)13-20(18)14-19/h2-14H,1H3. The minimum atomic E-state index is 1.29. The van der Waals surface area contributed by atoms with E-state index >= 15 is 0 Å². The molecule has 0 saturated heterocycles. The van der Waals surface area contributed by atoms with Gasteiger partial charge in [-0.1, -0.05) is 60.7 Å². The van der Waals surface area contributed by atoms with Gasteiger partial charge in [0.2, 0.25) is 0 Å². The summed E-state index contributed by atoms with van der Waals surface area (Å²) in [5, 5.41) is 5.20. The Morgan fingerprint density at radius 2 is 1.14 bits per heavy atom. The van der Waals surface area contributed by atoms with Crippen LogP contribution in [0, 0.1) is 6.92 Å². The van der Waals surface area contributed by atoms with Gasteiger partial charge in [0.1, 0.15) is 0 Å². The van der Waals surface area contributed by atoms with Crippen LogP contribution in [-0.4, -0.2) is 0 Å². The molecular formula is C21H16.